The minimum atomic E-state index is -0.219. The lowest BCUT2D eigenvalue weighted by Gasteiger charge is -2.19. The van der Waals surface area contributed by atoms with Crippen molar-refractivity contribution in [3.8, 4) is 6.07 Å². The van der Waals surface area contributed by atoms with Crippen molar-refractivity contribution in [1.29, 1.82) is 5.26 Å². The number of hydrogen-bond acceptors (Lipinski definition) is 5. The van der Waals surface area contributed by atoms with Crippen molar-refractivity contribution < 1.29 is 9.59 Å². The second kappa shape index (κ2) is 9.57. The monoisotopic (exact) mass is 356 g/mol. The number of carbonyl (C=O) groups is 2. The van der Waals surface area contributed by atoms with Gasteiger partial charge in [-0.2, -0.15) is 5.26 Å². The zero-order chi connectivity index (χ0) is 18.1. The van der Waals surface area contributed by atoms with Crippen LogP contribution in [0.3, 0.4) is 0 Å². The lowest BCUT2D eigenvalue weighted by molar-refractivity contribution is -0.123. The third kappa shape index (κ3) is 6.37. The van der Waals surface area contributed by atoms with Crippen molar-refractivity contribution in [2.24, 2.45) is 0 Å². The summed E-state index contributed by atoms with van der Waals surface area (Å²) in [6, 6.07) is 12.7. The van der Waals surface area contributed by atoms with E-state index in [2.05, 4.69) is 10.6 Å². The Morgan fingerprint density at radius 3 is 2.68 bits per heavy atom. The molecule has 0 aliphatic heterocycles. The SMILES string of the molecule is CCN(CC(=O)NCc1cccs1)CC(=O)Nc1cccc(C#N)c1. The number of amides is 2. The largest absolute Gasteiger partial charge is 0.350 e. The Bertz CT molecular complexity index is 753. The smallest absolute Gasteiger partial charge is 0.238 e. The van der Waals surface area contributed by atoms with Crippen LogP contribution in [-0.2, 0) is 16.1 Å². The first-order chi connectivity index (χ1) is 12.1. The average molecular weight is 356 g/mol. The second-order valence-electron chi connectivity index (χ2n) is 5.40. The molecule has 0 unspecified atom stereocenters. The summed E-state index contributed by atoms with van der Waals surface area (Å²) in [6.07, 6.45) is 0. The topological polar surface area (TPSA) is 85.2 Å². The zero-order valence-electron chi connectivity index (χ0n) is 14.0. The number of nitrogens with one attached hydrogen (secondary N) is 2. The highest BCUT2D eigenvalue weighted by atomic mass is 32.1. The molecule has 1 heterocycles. The van der Waals surface area contributed by atoms with Crippen molar-refractivity contribution >= 4 is 28.8 Å². The van der Waals surface area contributed by atoms with Crippen molar-refractivity contribution in [3.63, 3.8) is 0 Å². The van der Waals surface area contributed by atoms with Gasteiger partial charge in [-0.15, -0.1) is 11.3 Å². The minimum Gasteiger partial charge on any atom is -0.350 e. The molecule has 0 bridgehead atoms. The molecule has 0 saturated heterocycles. The van der Waals surface area contributed by atoms with Crippen LogP contribution in [0.5, 0.6) is 0 Å². The van der Waals surface area contributed by atoms with Crippen molar-refractivity contribution in [2.75, 3.05) is 25.0 Å². The lowest BCUT2D eigenvalue weighted by atomic mass is 10.2. The van der Waals surface area contributed by atoms with Crippen LogP contribution in [-0.4, -0.2) is 36.3 Å². The molecule has 0 atom stereocenters. The highest BCUT2D eigenvalue weighted by molar-refractivity contribution is 7.09. The number of benzene rings is 1. The summed E-state index contributed by atoms with van der Waals surface area (Å²) in [4.78, 5) is 27.0. The van der Waals surface area contributed by atoms with E-state index in [4.69, 9.17) is 5.26 Å². The van der Waals surface area contributed by atoms with Gasteiger partial charge in [-0.3, -0.25) is 14.5 Å². The molecular weight excluding hydrogens is 336 g/mol. The first kappa shape index (κ1) is 18.6. The summed E-state index contributed by atoms with van der Waals surface area (Å²) in [5.74, 6) is -0.336. The Labute approximate surface area is 151 Å². The molecule has 0 spiro atoms. The van der Waals surface area contributed by atoms with Gasteiger partial charge in [-0.1, -0.05) is 19.1 Å². The van der Waals surface area contributed by atoms with E-state index in [-0.39, 0.29) is 24.9 Å². The predicted molar refractivity (Wildman–Crippen MR) is 98.1 cm³/mol. The molecule has 1 aromatic carbocycles. The van der Waals surface area contributed by atoms with Crippen molar-refractivity contribution in [2.45, 2.75) is 13.5 Å². The number of anilines is 1. The molecule has 0 aliphatic rings. The van der Waals surface area contributed by atoms with Crippen LogP contribution >= 0.6 is 11.3 Å². The Kier molecular flexibility index (Phi) is 7.14. The summed E-state index contributed by atoms with van der Waals surface area (Å²) < 4.78 is 0. The van der Waals surface area contributed by atoms with E-state index in [1.54, 1.807) is 40.5 Å². The van der Waals surface area contributed by atoms with Crippen LogP contribution in [0.15, 0.2) is 41.8 Å². The number of nitrogens with zero attached hydrogens (tertiary/aromatic N) is 2. The van der Waals surface area contributed by atoms with Gasteiger partial charge in [0.1, 0.15) is 0 Å². The van der Waals surface area contributed by atoms with E-state index in [1.165, 1.54) is 0 Å². The summed E-state index contributed by atoms with van der Waals surface area (Å²) in [5.41, 5.74) is 1.06. The molecule has 0 fully saturated rings. The van der Waals surface area contributed by atoms with Gasteiger partial charge in [0.05, 0.1) is 31.3 Å². The predicted octanol–water partition coefficient (Wildman–Crippen LogP) is 2.20. The molecule has 25 heavy (non-hydrogen) atoms. The van der Waals surface area contributed by atoms with E-state index < -0.39 is 0 Å². The Hall–Kier alpha value is -2.69. The van der Waals surface area contributed by atoms with E-state index in [0.29, 0.717) is 24.3 Å². The molecule has 1 aromatic heterocycles. The molecule has 0 aliphatic carbocycles. The van der Waals surface area contributed by atoms with Crippen molar-refractivity contribution in [1.82, 2.24) is 10.2 Å². The first-order valence-electron chi connectivity index (χ1n) is 7.92. The number of rotatable bonds is 8. The molecule has 2 amide bonds. The van der Waals surface area contributed by atoms with Gasteiger partial charge in [0.2, 0.25) is 11.8 Å². The van der Waals surface area contributed by atoms with Gasteiger partial charge in [-0.05, 0) is 36.2 Å². The van der Waals surface area contributed by atoms with Gasteiger partial charge >= 0.3 is 0 Å². The summed E-state index contributed by atoms with van der Waals surface area (Å²) in [5, 5.41) is 16.4. The van der Waals surface area contributed by atoms with E-state index in [0.717, 1.165) is 4.88 Å². The van der Waals surface area contributed by atoms with E-state index >= 15 is 0 Å². The molecular formula is C18H20N4O2S. The van der Waals surface area contributed by atoms with Crippen molar-refractivity contribution in [3.05, 3.63) is 52.2 Å². The molecule has 2 N–H and O–H groups in total. The Morgan fingerprint density at radius 1 is 1.20 bits per heavy atom. The fourth-order valence-electron chi connectivity index (χ4n) is 2.21. The maximum atomic E-state index is 12.1. The number of nitriles is 1. The number of likely N-dealkylation sites (N-methyl/N-ethyl adjacent to an activating group) is 1. The summed E-state index contributed by atoms with van der Waals surface area (Å²) >= 11 is 1.59. The van der Waals surface area contributed by atoms with Crippen LogP contribution in [0.2, 0.25) is 0 Å². The maximum Gasteiger partial charge on any atom is 0.238 e. The van der Waals surface area contributed by atoms with Crippen LogP contribution in [0.4, 0.5) is 5.69 Å². The lowest BCUT2D eigenvalue weighted by Crippen LogP contribution is -2.40. The van der Waals surface area contributed by atoms with Gasteiger partial charge in [0.25, 0.3) is 0 Å². The highest BCUT2D eigenvalue weighted by Crippen LogP contribution is 2.10. The molecule has 2 rings (SSSR count). The number of hydrogen-bond donors (Lipinski definition) is 2. The van der Waals surface area contributed by atoms with E-state index in [9.17, 15) is 9.59 Å². The average Bonchev–Trinajstić information content (AvgIpc) is 3.13. The highest BCUT2D eigenvalue weighted by Gasteiger charge is 2.13. The quantitative estimate of drug-likeness (QED) is 0.759. The zero-order valence-corrected chi connectivity index (χ0v) is 14.8. The first-order valence-corrected chi connectivity index (χ1v) is 8.80. The number of carbonyl (C=O) groups excluding carboxylic acids is 2. The molecule has 0 radical (unpaired) electrons. The maximum absolute atomic E-state index is 12.1. The second-order valence-corrected chi connectivity index (χ2v) is 6.43. The third-order valence-electron chi connectivity index (χ3n) is 3.50. The summed E-state index contributed by atoms with van der Waals surface area (Å²) in [6.45, 7) is 3.25. The molecule has 7 heteroatoms. The van der Waals surface area contributed by atoms with Crippen LogP contribution in [0, 0.1) is 11.3 Å². The van der Waals surface area contributed by atoms with Gasteiger partial charge in [-0.25, -0.2) is 0 Å². The van der Waals surface area contributed by atoms with Gasteiger partial charge in [0, 0.05) is 10.6 Å². The molecule has 6 nitrogen and oxygen atoms in total. The van der Waals surface area contributed by atoms with Gasteiger partial charge < -0.3 is 10.6 Å². The molecule has 130 valence electrons. The van der Waals surface area contributed by atoms with Crippen LogP contribution < -0.4 is 10.6 Å². The fraction of sp³-hybridized carbons (Fsp3) is 0.278. The van der Waals surface area contributed by atoms with Crippen LogP contribution in [0.1, 0.15) is 17.4 Å². The normalized spacial score (nSPS) is 10.3. The third-order valence-corrected chi connectivity index (χ3v) is 4.37. The van der Waals surface area contributed by atoms with Crippen LogP contribution in [0.25, 0.3) is 0 Å². The summed E-state index contributed by atoms with van der Waals surface area (Å²) in [7, 11) is 0. The Morgan fingerprint density at radius 2 is 2.00 bits per heavy atom. The molecule has 2 aromatic rings. The Balaban J connectivity index is 1.80. The minimum absolute atomic E-state index is 0.111. The fourth-order valence-corrected chi connectivity index (χ4v) is 2.85. The molecule has 0 saturated carbocycles. The number of thiophene rings is 1. The van der Waals surface area contributed by atoms with Gasteiger partial charge in [0.15, 0.2) is 0 Å². The van der Waals surface area contributed by atoms with E-state index in [1.807, 2.05) is 30.5 Å². The standard InChI is InChI=1S/C18H20N4O2S/c1-2-22(12-17(23)20-11-16-7-4-8-25-16)13-18(24)21-15-6-3-5-14(9-15)10-19/h3-9H,2,11-13H2,1H3,(H,20,23)(H,21,24).